The maximum absolute atomic E-state index is 9.74. The van der Waals surface area contributed by atoms with E-state index in [4.69, 9.17) is 31.0 Å². The van der Waals surface area contributed by atoms with E-state index < -0.39 is 19.7 Å². The molecule has 0 amide bonds. The highest BCUT2D eigenvalue weighted by Crippen LogP contribution is 2.36. The van der Waals surface area contributed by atoms with Gasteiger partial charge >= 0.3 is 0 Å². The fourth-order valence-corrected chi connectivity index (χ4v) is 5.83. The van der Waals surface area contributed by atoms with Crippen molar-refractivity contribution in [3.8, 4) is 28.8 Å². The van der Waals surface area contributed by atoms with Crippen LogP contribution in [0, 0.1) is 11.3 Å². The van der Waals surface area contributed by atoms with Gasteiger partial charge in [0.2, 0.25) is 0 Å². The van der Waals surface area contributed by atoms with Crippen molar-refractivity contribution in [2.45, 2.75) is 31.2 Å². The van der Waals surface area contributed by atoms with Crippen LogP contribution in [0.4, 0.5) is 5.82 Å². The second-order valence-electron chi connectivity index (χ2n) is 10.5. The summed E-state index contributed by atoms with van der Waals surface area (Å²) in [6.45, 7) is 1.62. The third-order valence-electron chi connectivity index (χ3n) is 7.93. The van der Waals surface area contributed by atoms with Gasteiger partial charge in [-0.1, -0.05) is 12.1 Å². The molecule has 41 heavy (non-hydrogen) atoms. The Labute approximate surface area is 245 Å². The molecular formula is C30H32N8O3. The lowest BCUT2D eigenvalue weighted by atomic mass is 9.87. The molecule has 4 aromatic rings. The zero-order valence-corrected chi connectivity index (χ0v) is 22.2. The van der Waals surface area contributed by atoms with Crippen LogP contribution in [0.3, 0.4) is 0 Å². The van der Waals surface area contributed by atoms with Crippen molar-refractivity contribution >= 4 is 11.3 Å². The molecule has 2 unspecified atom stereocenters. The zero-order chi connectivity index (χ0) is 32.1. The quantitative estimate of drug-likeness (QED) is 0.347. The number of nitrogens with one attached hydrogen (secondary N) is 1. The van der Waals surface area contributed by atoms with E-state index in [1.54, 1.807) is 36.8 Å². The molecule has 3 aromatic heterocycles. The van der Waals surface area contributed by atoms with Crippen LogP contribution in [-0.2, 0) is 11.3 Å². The molecule has 11 nitrogen and oxygen atoms in total. The maximum Gasteiger partial charge on any atom is 0.147 e. The molecule has 3 atom stereocenters. The topological polar surface area (TPSA) is 113 Å². The van der Waals surface area contributed by atoms with Crippen LogP contribution in [0.25, 0.3) is 16.8 Å². The summed E-state index contributed by atoms with van der Waals surface area (Å²) in [7, 11) is -2.47. The first kappa shape index (κ1) is 20.6. The maximum atomic E-state index is 9.74. The molecule has 7 heterocycles. The lowest BCUT2D eigenvalue weighted by Gasteiger charge is -2.56. The third kappa shape index (κ3) is 5.06. The second-order valence-corrected chi connectivity index (χ2v) is 10.5. The van der Waals surface area contributed by atoms with Crippen LogP contribution in [0.15, 0.2) is 55.1 Å². The summed E-state index contributed by atoms with van der Waals surface area (Å²) in [5.41, 5.74) is 3.02. The molecule has 0 radical (unpaired) electrons. The summed E-state index contributed by atoms with van der Waals surface area (Å²) >= 11 is 0. The van der Waals surface area contributed by atoms with E-state index in [0.29, 0.717) is 59.9 Å². The van der Waals surface area contributed by atoms with Crippen molar-refractivity contribution in [1.82, 2.24) is 29.8 Å². The number of rotatable bonds is 8. The Kier molecular flexibility index (Phi) is 5.51. The summed E-state index contributed by atoms with van der Waals surface area (Å²) in [6, 6.07) is 11.7. The molecule has 4 aliphatic rings. The summed E-state index contributed by atoms with van der Waals surface area (Å²) in [5, 5.41) is 17.2. The Morgan fingerprint density at radius 1 is 1.17 bits per heavy atom. The van der Waals surface area contributed by atoms with Gasteiger partial charge in [0.25, 0.3) is 0 Å². The van der Waals surface area contributed by atoms with E-state index in [-0.39, 0.29) is 5.75 Å². The molecule has 11 heteroatoms. The molecule has 1 aromatic carbocycles. The number of benzene rings is 1. The van der Waals surface area contributed by atoms with Crippen LogP contribution in [-0.4, -0.2) is 89.1 Å². The number of morpholine rings is 1. The number of methoxy groups -OCH3 is 1. The van der Waals surface area contributed by atoms with Crippen molar-refractivity contribution in [1.29, 1.82) is 5.26 Å². The molecule has 8 rings (SSSR count). The largest absolute Gasteiger partial charge is 0.497 e. The molecule has 0 aliphatic carbocycles. The van der Waals surface area contributed by atoms with Gasteiger partial charge in [0.15, 0.2) is 0 Å². The lowest BCUT2D eigenvalue weighted by Crippen LogP contribution is -2.68. The van der Waals surface area contributed by atoms with Gasteiger partial charge in [-0.05, 0) is 30.2 Å². The van der Waals surface area contributed by atoms with Crippen molar-refractivity contribution < 1.29 is 21.1 Å². The predicted octanol–water partition coefficient (Wildman–Crippen LogP) is 2.50. The van der Waals surface area contributed by atoms with E-state index in [9.17, 15) is 5.26 Å². The zero-order valence-electron chi connectivity index (χ0n) is 27.2. The Bertz CT molecular complexity index is 1740. The molecule has 0 saturated carbocycles. The minimum absolute atomic E-state index is 0.218. The van der Waals surface area contributed by atoms with Crippen molar-refractivity contribution in [3.63, 3.8) is 0 Å². The minimum atomic E-state index is -2.47. The number of pyridine rings is 1. The summed E-state index contributed by atoms with van der Waals surface area (Å²) in [5.74, 6) is 1.29. The van der Waals surface area contributed by atoms with Crippen LogP contribution in [0.2, 0.25) is 0 Å². The summed E-state index contributed by atoms with van der Waals surface area (Å²) < 4.78 is 56.7. The average molecular weight is 558 g/mol. The van der Waals surface area contributed by atoms with Gasteiger partial charge in [0.1, 0.15) is 36.0 Å². The van der Waals surface area contributed by atoms with E-state index >= 15 is 0 Å². The van der Waals surface area contributed by atoms with Gasteiger partial charge in [-0.15, -0.1) is 0 Å². The number of hydrogen-bond donors (Lipinski definition) is 1. The average Bonchev–Trinajstić information content (AvgIpc) is 3.47. The van der Waals surface area contributed by atoms with Crippen LogP contribution in [0.1, 0.15) is 24.4 Å². The first-order valence-corrected chi connectivity index (χ1v) is 13.6. The Balaban J connectivity index is 1.06. The number of nitrogens with zero attached hydrogens (tertiary/aromatic N) is 7. The lowest BCUT2D eigenvalue weighted by molar-refractivity contribution is -0.00870. The SMILES string of the molecule is [2H]C([2H])([2H])Oc1ccc(CN2C3CC2CN(c2cnc(-c4cc(OC([2H])([2H])[C@@H]5CNCCO5)cn5ncc(C#N)c45)cn2)C3)cc1. The molecular weight excluding hydrogens is 520 g/mol. The normalized spacial score (nSPS) is 24.7. The minimum Gasteiger partial charge on any atom is -0.497 e. The Morgan fingerprint density at radius 2 is 2.05 bits per heavy atom. The van der Waals surface area contributed by atoms with Gasteiger partial charge < -0.3 is 24.4 Å². The number of nitriles is 1. The number of aromatic nitrogens is 4. The van der Waals surface area contributed by atoms with E-state index in [1.165, 1.54) is 10.7 Å². The molecule has 0 spiro atoms. The molecule has 1 N–H and O–H groups in total. The molecule has 2 bridgehead atoms. The van der Waals surface area contributed by atoms with Crippen LogP contribution < -0.4 is 19.7 Å². The number of piperidine rings is 1. The van der Waals surface area contributed by atoms with E-state index in [0.717, 1.165) is 37.4 Å². The molecule has 210 valence electrons. The van der Waals surface area contributed by atoms with E-state index in [1.807, 2.05) is 12.1 Å². The van der Waals surface area contributed by atoms with Crippen LogP contribution in [0.5, 0.6) is 11.5 Å². The highest BCUT2D eigenvalue weighted by Gasteiger charge is 2.44. The fourth-order valence-electron chi connectivity index (χ4n) is 5.83. The second kappa shape index (κ2) is 11.0. The summed E-state index contributed by atoms with van der Waals surface area (Å²) in [4.78, 5) is 14.1. The molecule has 4 aliphatic heterocycles. The number of fused-ring (bicyclic) bond motifs is 3. The predicted molar refractivity (Wildman–Crippen MR) is 152 cm³/mol. The molecule has 4 saturated heterocycles. The number of ether oxygens (including phenoxy) is 3. The fraction of sp³-hybridized carbons (Fsp3) is 0.400. The smallest absolute Gasteiger partial charge is 0.147 e. The van der Waals surface area contributed by atoms with Gasteiger partial charge in [-0.25, -0.2) is 9.50 Å². The number of anilines is 1. The number of piperazine rings is 1. The Hall–Kier alpha value is -4.24. The summed E-state index contributed by atoms with van der Waals surface area (Å²) in [6.07, 6.45) is 6.69. The van der Waals surface area contributed by atoms with Crippen molar-refractivity contribution in [3.05, 3.63) is 66.2 Å². The van der Waals surface area contributed by atoms with Crippen molar-refractivity contribution in [2.24, 2.45) is 0 Å². The first-order chi connectivity index (χ1) is 22.1. The van der Waals surface area contributed by atoms with Crippen molar-refractivity contribution in [2.75, 3.05) is 51.3 Å². The Morgan fingerprint density at radius 3 is 2.78 bits per heavy atom. The van der Waals surface area contributed by atoms with Gasteiger partial charge in [-0.3, -0.25) is 9.88 Å². The van der Waals surface area contributed by atoms with Crippen LogP contribution >= 0.6 is 0 Å². The first-order valence-electron chi connectivity index (χ1n) is 16.1. The monoisotopic (exact) mass is 557 g/mol. The van der Waals surface area contributed by atoms with Gasteiger partial charge in [-0.2, -0.15) is 10.4 Å². The molecule has 4 fully saturated rings. The standard InChI is InChI=1S/C30H32N8O3/c1-39-24-4-2-20(3-5-24)15-37-22-8-23(37)17-36(16-22)29-14-33-28(13-34-29)27-9-25(41-19-26-12-32-6-7-40-26)18-38-30(27)21(10-31)11-35-38/h2-5,9,11,13-14,18,22-23,26,32H,6-8,12,15-17,19H2,1H3/t22?,23?,26-/m0/s1/i1D3,19D2. The highest BCUT2D eigenvalue weighted by atomic mass is 16.5. The van der Waals surface area contributed by atoms with Gasteiger partial charge in [0, 0.05) is 50.4 Å². The number of hydrogen-bond acceptors (Lipinski definition) is 10. The van der Waals surface area contributed by atoms with E-state index in [2.05, 4.69) is 26.3 Å². The third-order valence-corrected chi connectivity index (χ3v) is 7.93. The highest BCUT2D eigenvalue weighted by molar-refractivity contribution is 5.83. The van der Waals surface area contributed by atoms with Gasteiger partial charge in [0.05, 0.1) is 62.1 Å².